The van der Waals surface area contributed by atoms with Crippen LogP contribution >= 0.6 is 0 Å². The van der Waals surface area contributed by atoms with Crippen LogP contribution in [0, 0.1) is 11.8 Å². The molecule has 0 spiro atoms. The van der Waals surface area contributed by atoms with Crippen LogP contribution in [0.1, 0.15) is 34.1 Å². The first-order valence-electron chi connectivity index (χ1n) is 6.67. The lowest BCUT2D eigenvalue weighted by Crippen LogP contribution is -2.44. The first kappa shape index (κ1) is 16.6. The molecule has 0 aromatic rings. The normalized spacial score (nSPS) is 23.6. The van der Waals surface area contributed by atoms with Gasteiger partial charge in [-0.1, -0.05) is 0 Å². The molecule has 1 rings (SSSR count). The predicted molar refractivity (Wildman–Crippen MR) is 71.7 cm³/mol. The van der Waals surface area contributed by atoms with E-state index >= 15 is 0 Å². The summed E-state index contributed by atoms with van der Waals surface area (Å²) in [6, 6.07) is 0. The number of esters is 1. The van der Waals surface area contributed by atoms with Crippen molar-refractivity contribution in [3.8, 4) is 0 Å². The van der Waals surface area contributed by atoms with E-state index < -0.39 is 23.4 Å². The van der Waals surface area contributed by atoms with Gasteiger partial charge in [0.2, 0.25) is 11.8 Å². The number of hydrogen-bond acceptors (Lipinski definition) is 5. The zero-order valence-corrected chi connectivity index (χ0v) is 12.9. The van der Waals surface area contributed by atoms with Crippen LogP contribution in [-0.4, -0.2) is 48.5 Å². The molecule has 1 aliphatic rings. The molecule has 20 heavy (non-hydrogen) atoms. The van der Waals surface area contributed by atoms with Gasteiger partial charge >= 0.3 is 5.97 Å². The molecule has 0 bridgehead atoms. The summed E-state index contributed by atoms with van der Waals surface area (Å²) in [6.07, 6.45) is -0.196. The van der Waals surface area contributed by atoms with E-state index in [9.17, 15) is 14.4 Å². The average Bonchev–Trinajstić information content (AvgIpc) is 2.52. The third kappa shape index (κ3) is 3.17. The topological polar surface area (TPSA) is 72.9 Å². The number of rotatable bonds is 5. The van der Waals surface area contributed by atoms with Crippen LogP contribution in [0.2, 0.25) is 0 Å². The maximum Gasteiger partial charge on any atom is 0.306 e. The lowest BCUT2D eigenvalue weighted by Gasteiger charge is -2.34. The zero-order valence-electron chi connectivity index (χ0n) is 12.9. The van der Waals surface area contributed by atoms with Crippen molar-refractivity contribution in [2.45, 2.75) is 45.8 Å². The number of methoxy groups -OCH3 is 1. The molecule has 1 saturated heterocycles. The molecule has 114 valence electrons. The van der Waals surface area contributed by atoms with Gasteiger partial charge in [0.1, 0.15) is 0 Å². The van der Waals surface area contributed by atoms with E-state index in [4.69, 9.17) is 4.74 Å². The maximum absolute atomic E-state index is 12.3. The summed E-state index contributed by atoms with van der Waals surface area (Å²) in [4.78, 5) is 37.0. The van der Waals surface area contributed by atoms with Crippen LogP contribution in [0.15, 0.2) is 0 Å². The van der Waals surface area contributed by atoms with Crippen molar-refractivity contribution in [1.82, 2.24) is 4.90 Å². The van der Waals surface area contributed by atoms with Gasteiger partial charge in [-0.2, -0.15) is 0 Å². The quantitative estimate of drug-likeness (QED) is 0.556. The lowest BCUT2D eigenvalue weighted by atomic mass is 9.80. The molecule has 6 nitrogen and oxygen atoms in total. The molecule has 1 fully saturated rings. The van der Waals surface area contributed by atoms with E-state index in [0.717, 1.165) is 4.90 Å². The average molecular weight is 285 g/mol. The number of carbonyl (C=O) groups excluding carboxylic acids is 3. The second-order valence-electron chi connectivity index (χ2n) is 5.87. The molecule has 1 heterocycles. The SMILES string of the molecule is COC(=O)C[C@@H]1C(=O)N(C)C(=O)[C@H]1C(C)(C)OC(C)C. The summed E-state index contributed by atoms with van der Waals surface area (Å²) in [5.74, 6) is -2.58. The molecule has 2 amide bonds. The Bertz CT molecular complexity index is 416. The number of imide groups is 1. The molecular weight excluding hydrogens is 262 g/mol. The highest BCUT2D eigenvalue weighted by molar-refractivity contribution is 6.06. The molecule has 0 aromatic carbocycles. The summed E-state index contributed by atoms with van der Waals surface area (Å²) in [6.45, 7) is 7.27. The smallest absolute Gasteiger partial charge is 0.306 e. The second kappa shape index (κ2) is 5.91. The van der Waals surface area contributed by atoms with E-state index in [1.165, 1.54) is 14.2 Å². The first-order chi connectivity index (χ1) is 9.11. The fourth-order valence-electron chi connectivity index (χ4n) is 2.81. The molecule has 0 aliphatic carbocycles. The molecular formula is C14H23NO5. The van der Waals surface area contributed by atoms with Gasteiger partial charge in [0, 0.05) is 7.05 Å². The van der Waals surface area contributed by atoms with Gasteiger partial charge < -0.3 is 9.47 Å². The van der Waals surface area contributed by atoms with Crippen molar-refractivity contribution < 1.29 is 23.9 Å². The van der Waals surface area contributed by atoms with Gasteiger partial charge in [0.15, 0.2) is 0 Å². The molecule has 2 atom stereocenters. The minimum atomic E-state index is -0.829. The summed E-state index contributed by atoms with van der Waals surface area (Å²) < 4.78 is 10.4. The summed E-state index contributed by atoms with van der Waals surface area (Å²) in [5.41, 5.74) is -0.829. The Morgan fingerprint density at radius 2 is 1.85 bits per heavy atom. The van der Waals surface area contributed by atoms with Crippen molar-refractivity contribution in [2.24, 2.45) is 11.8 Å². The van der Waals surface area contributed by atoms with E-state index in [0.29, 0.717) is 0 Å². The number of amides is 2. The van der Waals surface area contributed by atoms with Crippen molar-refractivity contribution in [3.63, 3.8) is 0 Å². The summed E-state index contributed by atoms with van der Waals surface area (Å²) in [5, 5.41) is 0. The number of hydrogen-bond donors (Lipinski definition) is 0. The Labute approximate surface area is 119 Å². The third-order valence-electron chi connectivity index (χ3n) is 3.55. The van der Waals surface area contributed by atoms with Crippen LogP contribution in [-0.2, 0) is 23.9 Å². The standard InChI is InChI=1S/C14H23NO5/c1-8(2)20-14(3,4)11-9(7-10(16)19-6)12(17)15(5)13(11)18/h8-9,11H,7H2,1-6H3/t9-,11-/m0/s1. The largest absolute Gasteiger partial charge is 0.469 e. The van der Waals surface area contributed by atoms with Crippen LogP contribution < -0.4 is 0 Å². The maximum atomic E-state index is 12.3. The summed E-state index contributed by atoms with van der Waals surface area (Å²) >= 11 is 0. The molecule has 0 N–H and O–H groups in total. The van der Waals surface area contributed by atoms with Crippen LogP contribution in [0.5, 0.6) is 0 Å². The van der Waals surface area contributed by atoms with Crippen LogP contribution in [0.3, 0.4) is 0 Å². The van der Waals surface area contributed by atoms with E-state index in [1.54, 1.807) is 13.8 Å². The highest BCUT2D eigenvalue weighted by Crippen LogP contribution is 2.38. The van der Waals surface area contributed by atoms with Gasteiger partial charge in [-0.3, -0.25) is 19.3 Å². The Hall–Kier alpha value is -1.43. The monoisotopic (exact) mass is 285 g/mol. The van der Waals surface area contributed by atoms with Crippen LogP contribution in [0.25, 0.3) is 0 Å². The van der Waals surface area contributed by atoms with Gasteiger partial charge in [-0.25, -0.2) is 0 Å². The first-order valence-corrected chi connectivity index (χ1v) is 6.67. The minimum Gasteiger partial charge on any atom is -0.469 e. The fourth-order valence-corrected chi connectivity index (χ4v) is 2.81. The second-order valence-corrected chi connectivity index (χ2v) is 5.87. The Balaban J connectivity index is 3.07. The highest BCUT2D eigenvalue weighted by atomic mass is 16.5. The third-order valence-corrected chi connectivity index (χ3v) is 3.55. The van der Waals surface area contributed by atoms with E-state index in [1.807, 2.05) is 13.8 Å². The molecule has 6 heteroatoms. The van der Waals surface area contributed by atoms with Gasteiger partial charge in [0.25, 0.3) is 0 Å². The summed E-state index contributed by atoms with van der Waals surface area (Å²) in [7, 11) is 2.69. The number of likely N-dealkylation sites (tertiary alicyclic amines) is 1. The Morgan fingerprint density at radius 1 is 1.30 bits per heavy atom. The zero-order chi connectivity index (χ0) is 15.7. The van der Waals surface area contributed by atoms with Gasteiger partial charge in [-0.05, 0) is 27.7 Å². The van der Waals surface area contributed by atoms with Gasteiger partial charge in [-0.15, -0.1) is 0 Å². The molecule has 0 unspecified atom stereocenters. The predicted octanol–water partition coefficient (Wildman–Crippen LogP) is 0.984. The number of carbonyl (C=O) groups is 3. The van der Waals surface area contributed by atoms with Crippen molar-refractivity contribution in [3.05, 3.63) is 0 Å². The molecule has 0 radical (unpaired) electrons. The Morgan fingerprint density at radius 3 is 2.30 bits per heavy atom. The highest BCUT2D eigenvalue weighted by Gasteiger charge is 2.54. The van der Waals surface area contributed by atoms with Crippen molar-refractivity contribution >= 4 is 17.8 Å². The molecule has 1 aliphatic heterocycles. The van der Waals surface area contributed by atoms with E-state index in [2.05, 4.69) is 4.74 Å². The Kier molecular flexibility index (Phi) is 4.91. The fraction of sp³-hybridized carbons (Fsp3) is 0.786. The molecule has 0 saturated carbocycles. The van der Waals surface area contributed by atoms with Crippen molar-refractivity contribution in [1.29, 1.82) is 0 Å². The van der Waals surface area contributed by atoms with Gasteiger partial charge in [0.05, 0.1) is 37.1 Å². The van der Waals surface area contributed by atoms with Crippen LogP contribution in [0.4, 0.5) is 0 Å². The number of nitrogens with zero attached hydrogens (tertiary/aromatic N) is 1. The minimum absolute atomic E-state index is 0.0856. The van der Waals surface area contributed by atoms with E-state index in [-0.39, 0.29) is 24.3 Å². The molecule has 0 aromatic heterocycles. The number of ether oxygens (including phenoxy) is 2. The lowest BCUT2D eigenvalue weighted by molar-refractivity contribution is -0.150. The van der Waals surface area contributed by atoms with Crippen molar-refractivity contribution in [2.75, 3.05) is 14.2 Å².